The number of nitrogens with zero attached hydrogens (tertiary/aromatic N) is 1. The van der Waals surface area contributed by atoms with Gasteiger partial charge in [-0.05, 0) is 18.9 Å². The normalized spacial score (nSPS) is 16.6. The number of pyridine rings is 1. The quantitative estimate of drug-likeness (QED) is 0.849. The number of H-pyrrole nitrogens is 1. The summed E-state index contributed by atoms with van der Waals surface area (Å²) in [5, 5.41) is 0.837. The molecular formula is C13H17BrN2O3. The predicted octanol–water partition coefficient (Wildman–Crippen LogP) is 1.39. The highest BCUT2D eigenvalue weighted by Gasteiger charge is 2.23. The van der Waals surface area contributed by atoms with Gasteiger partial charge in [0.1, 0.15) is 0 Å². The third-order valence-electron chi connectivity index (χ3n) is 3.19. The summed E-state index contributed by atoms with van der Waals surface area (Å²) in [7, 11) is 0. The summed E-state index contributed by atoms with van der Waals surface area (Å²) < 4.78 is 5.65. The second-order valence-electron chi connectivity index (χ2n) is 4.49. The Morgan fingerprint density at radius 1 is 1.42 bits per heavy atom. The average Bonchev–Trinajstić information content (AvgIpc) is 2.46. The van der Waals surface area contributed by atoms with Crippen LogP contribution in [0.25, 0.3) is 0 Å². The van der Waals surface area contributed by atoms with Crippen molar-refractivity contribution >= 4 is 21.8 Å². The number of amides is 1. The molecular weight excluding hydrogens is 312 g/mol. The molecule has 104 valence electrons. The zero-order valence-corrected chi connectivity index (χ0v) is 12.2. The smallest absolute Gasteiger partial charge is 0.255 e. The maximum absolute atomic E-state index is 12.2. The third kappa shape index (κ3) is 3.91. The number of aromatic nitrogens is 1. The lowest BCUT2D eigenvalue weighted by Crippen LogP contribution is -2.41. The van der Waals surface area contributed by atoms with Crippen molar-refractivity contribution in [2.24, 2.45) is 0 Å². The van der Waals surface area contributed by atoms with Gasteiger partial charge in [0.05, 0.1) is 18.3 Å². The number of likely N-dealkylation sites (tertiary alicyclic amines) is 1. The summed E-state index contributed by atoms with van der Waals surface area (Å²) in [6.45, 7) is 2.11. The maximum Gasteiger partial charge on any atom is 0.255 e. The summed E-state index contributed by atoms with van der Waals surface area (Å²) in [6, 6.07) is 2.94. The van der Waals surface area contributed by atoms with Gasteiger partial charge in [-0.3, -0.25) is 9.59 Å². The van der Waals surface area contributed by atoms with Crippen molar-refractivity contribution in [1.82, 2.24) is 9.88 Å². The van der Waals surface area contributed by atoms with Crippen molar-refractivity contribution in [3.05, 3.63) is 34.2 Å². The van der Waals surface area contributed by atoms with E-state index in [2.05, 4.69) is 20.9 Å². The number of carbonyl (C=O) groups excluding carboxylic acids is 1. The number of halogens is 1. The fraction of sp³-hybridized carbons (Fsp3) is 0.538. The molecule has 19 heavy (non-hydrogen) atoms. The lowest BCUT2D eigenvalue weighted by atomic mass is 10.1. The standard InChI is InChI=1S/C13H17BrN2O3/c14-5-8-19-11-3-6-16(7-4-11)13(18)10-1-2-12(17)15-9-10/h1-2,9,11H,3-8H2,(H,15,17). The Balaban J connectivity index is 1.88. The third-order valence-corrected chi connectivity index (χ3v) is 3.51. The van der Waals surface area contributed by atoms with Gasteiger partial charge in [-0.15, -0.1) is 0 Å². The molecule has 0 saturated carbocycles. The molecule has 1 amide bonds. The Bertz CT molecular complexity index is 461. The van der Waals surface area contributed by atoms with Gasteiger partial charge < -0.3 is 14.6 Å². The first kappa shape index (κ1) is 14.3. The number of carbonyl (C=O) groups is 1. The van der Waals surface area contributed by atoms with Crippen LogP contribution < -0.4 is 5.56 Å². The first-order valence-electron chi connectivity index (χ1n) is 6.36. The molecule has 6 heteroatoms. The number of aromatic amines is 1. The molecule has 1 fully saturated rings. The number of piperidine rings is 1. The Hall–Kier alpha value is -1.14. The molecule has 1 aliphatic heterocycles. The van der Waals surface area contributed by atoms with E-state index in [1.54, 1.807) is 6.07 Å². The molecule has 0 radical (unpaired) electrons. The van der Waals surface area contributed by atoms with Crippen LogP contribution in [0.3, 0.4) is 0 Å². The lowest BCUT2D eigenvalue weighted by Gasteiger charge is -2.31. The van der Waals surface area contributed by atoms with Crippen LogP contribution >= 0.6 is 15.9 Å². The molecule has 1 saturated heterocycles. The zero-order valence-electron chi connectivity index (χ0n) is 10.6. The van der Waals surface area contributed by atoms with E-state index >= 15 is 0 Å². The highest BCUT2D eigenvalue weighted by atomic mass is 79.9. The van der Waals surface area contributed by atoms with E-state index in [0.29, 0.717) is 25.3 Å². The summed E-state index contributed by atoms with van der Waals surface area (Å²) in [5.74, 6) is -0.0322. The van der Waals surface area contributed by atoms with Crippen LogP contribution in [0.1, 0.15) is 23.2 Å². The van der Waals surface area contributed by atoms with Crippen LogP contribution in [0.4, 0.5) is 0 Å². The molecule has 2 rings (SSSR count). The van der Waals surface area contributed by atoms with Crippen molar-refractivity contribution in [3.63, 3.8) is 0 Å². The van der Waals surface area contributed by atoms with Crippen molar-refractivity contribution < 1.29 is 9.53 Å². The van der Waals surface area contributed by atoms with Crippen LogP contribution in [-0.4, -0.2) is 46.9 Å². The minimum atomic E-state index is -0.196. The fourth-order valence-electron chi connectivity index (χ4n) is 2.16. The molecule has 5 nitrogen and oxygen atoms in total. The molecule has 0 aliphatic carbocycles. The van der Waals surface area contributed by atoms with Gasteiger partial charge in [-0.2, -0.15) is 0 Å². The highest BCUT2D eigenvalue weighted by molar-refractivity contribution is 9.09. The predicted molar refractivity (Wildman–Crippen MR) is 75.7 cm³/mol. The molecule has 1 aromatic heterocycles. The monoisotopic (exact) mass is 328 g/mol. The van der Waals surface area contributed by atoms with Crippen LogP contribution in [-0.2, 0) is 4.74 Å². The van der Waals surface area contributed by atoms with Crippen molar-refractivity contribution in [2.75, 3.05) is 25.0 Å². The number of alkyl halides is 1. The van der Waals surface area contributed by atoms with Crippen molar-refractivity contribution in [3.8, 4) is 0 Å². The van der Waals surface area contributed by atoms with Gasteiger partial charge in [0.2, 0.25) is 5.56 Å². The van der Waals surface area contributed by atoms with Crippen molar-refractivity contribution in [1.29, 1.82) is 0 Å². The van der Waals surface area contributed by atoms with Crippen LogP contribution in [0.2, 0.25) is 0 Å². The summed E-state index contributed by atoms with van der Waals surface area (Å²) in [5.41, 5.74) is 0.331. The van der Waals surface area contributed by atoms with Crippen LogP contribution in [0.5, 0.6) is 0 Å². The minimum Gasteiger partial charge on any atom is -0.377 e. The summed E-state index contributed by atoms with van der Waals surface area (Å²) in [6.07, 6.45) is 3.44. The number of rotatable bonds is 4. The Labute approximate surface area is 120 Å². The van der Waals surface area contributed by atoms with Gasteiger partial charge in [0.15, 0.2) is 0 Å². The second-order valence-corrected chi connectivity index (χ2v) is 5.29. The SMILES string of the molecule is O=C(c1ccc(=O)[nH]c1)N1CCC(OCCBr)CC1. The number of nitrogens with one attached hydrogen (secondary N) is 1. The first-order valence-corrected chi connectivity index (χ1v) is 7.48. The Kier molecular flexibility index (Phi) is 5.15. The number of hydrogen-bond donors (Lipinski definition) is 1. The maximum atomic E-state index is 12.2. The highest BCUT2D eigenvalue weighted by Crippen LogP contribution is 2.15. The van der Waals surface area contributed by atoms with E-state index in [1.165, 1.54) is 12.3 Å². The Morgan fingerprint density at radius 2 is 2.16 bits per heavy atom. The van der Waals surface area contributed by atoms with Gasteiger partial charge in [-0.25, -0.2) is 0 Å². The molecule has 1 N–H and O–H groups in total. The molecule has 0 spiro atoms. The lowest BCUT2D eigenvalue weighted by molar-refractivity contribution is 0.0160. The molecule has 2 heterocycles. The minimum absolute atomic E-state index is 0.0322. The molecule has 0 bridgehead atoms. The summed E-state index contributed by atoms with van der Waals surface area (Å²) in [4.78, 5) is 27.5. The van der Waals surface area contributed by atoms with E-state index in [-0.39, 0.29) is 17.6 Å². The number of hydrogen-bond acceptors (Lipinski definition) is 3. The topological polar surface area (TPSA) is 62.4 Å². The van der Waals surface area contributed by atoms with Gasteiger partial charge in [-0.1, -0.05) is 15.9 Å². The molecule has 0 atom stereocenters. The molecule has 0 unspecified atom stereocenters. The molecule has 1 aromatic rings. The second kappa shape index (κ2) is 6.86. The van der Waals surface area contributed by atoms with E-state index < -0.39 is 0 Å². The van der Waals surface area contributed by atoms with Gasteiger partial charge in [0, 0.05) is 30.7 Å². The Morgan fingerprint density at radius 3 is 2.74 bits per heavy atom. The van der Waals surface area contributed by atoms with E-state index in [4.69, 9.17) is 4.74 Å². The van der Waals surface area contributed by atoms with Crippen LogP contribution in [0, 0.1) is 0 Å². The number of ether oxygens (including phenoxy) is 1. The van der Waals surface area contributed by atoms with Gasteiger partial charge >= 0.3 is 0 Å². The summed E-state index contributed by atoms with van der Waals surface area (Å²) >= 11 is 3.33. The van der Waals surface area contributed by atoms with E-state index in [0.717, 1.165) is 18.2 Å². The van der Waals surface area contributed by atoms with Crippen LogP contribution in [0.15, 0.2) is 23.1 Å². The fourth-order valence-corrected chi connectivity index (χ4v) is 2.35. The van der Waals surface area contributed by atoms with E-state index in [1.807, 2.05) is 4.90 Å². The van der Waals surface area contributed by atoms with E-state index in [9.17, 15) is 9.59 Å². The molecule has 1 aliphatic rings. The van der Waals surface area contributed by atoms with Crippen molar-refractivity contribution in [2.45, 2.75) is 18.9 Å². The average molecular weight is 329 g/mol. The van der Waals surface area contributed by atoms with Gasteiger partial charge in [0.25, 0.3) is 5.91 Å². The largest absolute Gasteiger partial charge is 0.377 e. The molecule has 0 aromatic carbocycles. The first-order chi connectivity index (χ1) is 9.20. The zero-order chi connectivity index (χ0) is 13.7.